The molecule has 1 atom stereocenters. The number of alkyl halides is 3. The second kappa shape index (κ2) is 5.36. The number of aromatic nitrogens is 1. The summed E-state index contributed by atoms with van der Waals surface area (Å²) in [5, 5.41) is 9.42. The Morgan fingerprint density at radius 1 is 1.39 bits per heavy atom. The molecule has 0 saturated carbocycles. The predicted octanol–water partition coefficient (Wildman–Crippen LogP) is 2.73. The molecule has 8 heteroatoms. The fraction of sp³-hybridized carbons (Fsp3) is 0.300. The van der Waals surface area contributed by atoms with Crippen LogP contribution >= 0.6 is 46.1 Å². The second-order valence-corrected chi connectivity index (χ2v) is 6.82. The number of aliphatic hydroxyl groups excluding tert-OH is 1. The van der Waals surface area contributed by atoms with Crippen molar-refractivity contribution in [1.82, 2.24) is 4.57 Å². The monoisotopic (exact) mass is 327 g/mol. The summed E-state index contributed by atoms with van der Waals surface area (Å²) in [4.78, 5) is 11.5. The number of thiazole rings is 1. The van der Waals surface area contributed by atoms with Crippen LogP contribution in [0.3, 0.4) is 0 Å². The number of ether oxygens (including phenoxy) is 1. The number of aliphatic hydroxyl groups is 1. The number of hydrogen-bond acceptors (Lipinski definition) is 4. The summed E-state index contributed by atoms with van der Waals surface area (Å²) in [7, 11) is 0. The van der Waals surface area contributed by atoms with Crippen LogP contribution < -0.4 is 4.87 Å². The normalized spacial score (nSPS) is 14.0. The van der Waals surface area contributed by atoms with E-state index in [0.717, 1.165) is 16.0 Å². The highest BCUT2D eigenvalue weighted by atomic mass is 35.6. The Hall–Kier alpha value is -0.300. The predicted molar refractivity (Wildman–Crippen MR) is 73.5 cm³/mol. The van der Waals surface area contributed by atoms with Crippen molar-refractivity contribution in [3.05, 3.63) is 33.9 Å². The maximum Gasteiger partial charge on any atom is 0.310 e. The number of benzene rings is 1. The molecule has 0 spiro atoms. The van der Waals surface area contributed by atoms with E-state index < -0.39 is 10.1 Å². The molecule has 2 aromatic rings. The van der Waals surface area contributed by atoms with Crippen LogP contribution in [0.2, 0.25) is 0 Å². The van der Waals surface area contributed by atoms with Crippen molar-refractivity contribution in [3.8, 4) is 0 Å². The minimum atomic E-state index is -1.95. The molecular weight excluding hydrogens is 321 g/mol. The van der Waals surface area contributed by atoms with Gasteiger partial charge >= 0.3 is 4.87 Å². The highest BCUT2D eigenvalue weighted by Gasteiger charge is 2.32. The minimum absolute atomic E-state index is 0.183. The quantitative estimate of drug-likeness (QED) is 0.696. The van der Waals surface area contributed by atoms with Gasteiger partial charge in [-0.25, -0.2) is 0 Å². The largest absolute Gasteiger partial charge is 0.364 e. The van der Waals surface area contributed by atoms with Gasteiger partial charge in [-0.1, -0.05) is 58.3 Å². The maximum absolute atomic E-state index is 11.7. The van der Waals surface area contributed by atoms with Crippen LogP contribution in [-0.2, 0) is 11.5 Å². The molecule has 0 aliphatic carbocycles. The first kappa shape index (κ1) is 14.1. The zero-order chi connectivity index (χ0) is 13.3. The third-order valence-corrected chi connectivity index (χ3v) is 3.74. The van der Waals surface area contributed by atoms with Crippen LogP contribution in [-0.4, -0.2) is 19.8 Å². The van der Waals surface area contributed by atoms with Gasteiger partial charge in [-0.3, -0.25) is 9.36 Å². The molecule has 98 valence electrons. The molecule has 1 aromatic carbocycles. The Kier molecular flexibility index (Phi) is 4.21. The van der Waals surface area contributed by atoms with Crippen molar-refractivity contribution in [2.24, 2.45) is 0 Å². The zero-order valence-electron chi connectivity index (χ0n) is 8.85. The fourth-order valence-corrected chi connectivity index (χ4v) is 2.44. The summed E-state index contributed by atoms with van der Waals surface area (Å²) in [5.41, 5.74) is 0.712. The Morgan fingerprint density at radius 2 is 2.06 bits per heavy atom. The Labute approximate surface area is 121 Å². The van der Waals surface area contributed by atoms with Gasteiger partial charge in [0.25, 0.3) is 0 Å². The summed E-state index contributed by atoms with van der Waals surface area (Å²) in [6.45, 7) is -0.183. The average Bonchev–Trinajstić information content (AvgIpc) is 2.60. The SMILES string of the molecule is O=c1sc2ccccc2n1COC(O)C(Cl)(Cl)Cl. The van der Waals surface area contributed by atoms with Crippen molar-refractivity contribution in [2.45, 2.75) is 16.8 Å². The number of para-hydroxylation sites is 1. The molecule has 0 fully saturated rings. The summed E-state index contributed by atoms with van der Waals surface area (Å²) in [6, 6.07) is 7.23. The number of halogens is 3. The third-order valence-electron chi connectivity index (χ3n) is 2.22. The molecule has 0 aliphatic heterocycles. The molecule has 1 unspecified atom stereocenters. The van der Waals surface area contributed by atoms with Gasteiger partial charge in [0, 0.05) is 0 Å². The van der Waals surface area contributed by atoms with Crippen LogP contribution in [0.1, 0.15) is 0 Å². The minimum Gasteiger partial charge on any atom is -0.364 e. The third kappa shape index (κ3) is 2.99. The average molecular weight is 329 g/mol. The lowest BCUT2D eigenvalue weighted by Gasteiger charge is -2.19. The van der Waals surface area contributed by atoms with E-state index in [1.54, 1.807) is 12.1 Å². The first-order valence-electron chi connectivity index (χ1n) is 4.84. The molecule has 0 bridgehead atoms. The number of nitrogens with zero attached hydrogens (tertiary/aromatic N) is 1. The molecule has 0 saturated heterocycles. The number of hydrogen-bond donors (Lipinski definition) is 1. The van der Waals surface area contributed by atoms with Crippen LogP contribution in [0.15, 0.2) is 29.1 Å². The molecule has 0 amide bonds. The van der Waals surface area contributed by atoms with Gasteiger partial charge in [0.15, 0.2) is 0 Å². The van der Waals surface area contributed by atoms with Crippen molar-refractivity contribution in [3.63, 3.8) is 0 Å². The summed E-state index contributed by atoms with van der Waals surface area (Å²) < 4.78 is 5.21. The van der Waals surface area contributed by atoms with E-state index in [1.807, 2.05) is 12.1 Å². The molecule has 1 aromatic heterocycles. The first-order chi connectivity index (χ1) is 8.39. The van der Waals surface area contributed by atoms with E-state index in [4.69, 9.17) is 39.5 Å². The smallest absolute Gasteiger partial charge is 0.310 e. The zero-order valence-corrected chi connectivity index (χ0v) is 11.9. The number of rotatable bonds is 3. The van der Waals surface area contributed by atoms with E-state index >= 15 is 0 Å². The summed E-state index contributed by atoms with van der Waals surface area (Å²) >= 11 is 17.4. The molecule has 1 heterocycles. The van der Waals surface area contributed by atoms with Gasteiger partial charge in [0.1, 0.15) is 6.73 Å². The lowest BCUT2D eigenvalue weighted by atomic mass is 10.3. The highest BCUT2D eigenvalue weighted by Crippen LogP contribution is 2.31. The van der Waals surface area contributed by atoms with Crippen LogP contribution in [0.5, 0.6) is 0 Å². The standard InChI is InChI=1S/C10H8Cl3NO3S/c11-10(12,13)8(15)17-5-14-6-3-1-2-4-7(6)18-9(14)16/h1-4,8,15H,5H2. The van der Waals surface area contributed by atoms with Gasteiger partial charge in [0.2, 0.25) is 10.1 Å². The van der Waals surface area contributed by atoms with Crippen molar-refractivity contribution in [2.75, 3.05) is 0 Å². The molecule has 2 rings (SSSR count). The Morgan fingerprint density at radius 3 is 2.72 bits per heavy atom. The van der Waals surface area contributed by atoms with Crippen molar-refractivity contribution >= 4 is 56.4 Å². The van der Waals surface area contributed by atoms with E-state index in [2.05, 4.69) is 0 Å². The van der Waals surface area contributed by atoms with Gasteiger partial charge < -0.3 is 9.84 Å². The van der Waals surface area contributed by atoms with Crippen LogP contribution in [0.25, 0.3) is 10.2 Å². The Bertz CT molecular complexity index is 604. The first-order valence-corrected chi connectivity index (χ1v) is 6.79. The van der Waals surface area contributed by atoms with E-state index in [1.165, 1.54) is 4.57 Å². The number of fused-ring (bicyclic) bond motifs is 1. The fourth-order valence-electron chi connectivity index (χ4n) is 1.38. The van der Waals surface area contributed by atoms with E-state index in [0.29, 0.717) is 5.52 Å². The summed E-state index contributed by atoms with van der Waals surface area (Å²) in [6.07, 6.45) is -1.60. The van der Waals surface area contributed by atoms with E-state index in [-0.39, 0.29) is 11.6 Å². The molecule has 18 heavy (non-hydrogen) atoms. The lowest BCUT2D eigenvalue weighted by molar-refractivity contribution is -0.121. The molecule has 0 radical (unpaired) electrons. The maximum atomic E-state index is 11.7. The summed E-state index contributed by atoms with van der Waals surface area (Å²) in [5.74, 6) is 0. The molecule has 0 aliphatic rings. The molecule has 4 nitrogen and oxygen atoms in total. The second-order valence-electron chi connectivity index (χ2n) is 3.45. The Balaban J connectivity index is 2.22. The van der Waals surface area contributed by atoms with E-state index in [9.17, 15) is 9.90 Å². The lowest BCUT2D eigenvalue weighted by Crippen LogP contribution is -2.30. The highest BCUT2D eigenvalue weighted by molar-refractivity contribution is 7.16. The van der Waals surface area contributed by atoms with Gasteiger partial charge in [-0.05, 0) is 12.1 Å². The van der Waals surface area contributed by atoms with Gasteiger partial charge in [-0.2, -0.15) is 0 Å². The van der Waals surface area contributed by atoms with Gasteiger partial charge in [0.05, 0.1) is 10.2 Å². The van der Waals surface area contributed by atoms with Crippen molar-refractivity contribution in [1.29, 1.82) is 0 Å². The molecule has 1 N–H and O–H groups in total. The van der Waals surface area contributed by atoms with Gasteiger partial charge in [-0.15, -0.1) is 0 Å². The van der Waals surface area contributed by atoms with Crippen LogP contribution in [0.4, 0.5) is 0 Å². The van der Waals surface area contributed by atoms with Crippen LogP contribution in [0, 0.1) is 0 Å². The van der Waals surface area contributed by atoms with Crippen molar-refractivity contribution < 1.29 is 9.84 Å². The topological polar surface area (TPSA) is 51.5 Å². The molecular formula is C10H8Cl3NO3S.